The molecule has 7 heteroatoms. The van der Waals surface area contributed by atoms with Gasteiger partial charge in [0.05, 0.1) is 33.7 Å². The fraction of sp³-hybridized carbons (Fsp3) is 0.0909. The number of nitrogens with one attached hydrogen (secondary N) is 1. The number of halogens is 2. The summed E-state index contributed by atoms with van der Waals surface area (Å²) in [5.41, 5.74) is 4.63. The molecule has 0 aliphatic carbocycles. The SMILES string of the molecule is CN1CN(c2c(Cl)cccc2Cl)C(=O)c2cnc3[nH]c(-c4ccccc4)cc3c21. The number of benzene rings is 2. The summed E-state index contributed by atoms with van der Waals surface area (Å²) in [5.74, 6) is -0.176. The van der Waals surface area contributed by atoms with Gasteiger partial charge in [-0.2, -0.15) is 0 Å². The van der Waals surface area contributed by atoms with Gasteiger partial charge in [0.15, 0.2) is 0 Å². The topological polar surface area (TPSA) is 52.2 Å². The standard InChI is InChI=1S/C22H16Cl2N4O/c1-27-12-28(20-16(23)8-5-9-17(20)24)22(29)15-11-25-21-14(19(15)27)10-18(26-21)13-6-3-2-4-7-13/h2-11H,12H2,1H3,(H,25,26). The van der Waals surface area contributed by atoms with E-state index in [0.717, 1.165) is 28.0 Å². The van der Waals surface area contributed by atoms with E-state index < -0.39 is 0 Å². The number of nitrogens with zero attached hydrogens (tertiary/aromatic N) is 3. The number of carbonyl (C=O) groups excluding carboxylic acids is 1. The molecule has 2 aromatic carbocycles. The largest absolute Gasteiger partial charge is 0.355 e. The average Bonchev–Trinajstić information content (AvgIpc) is 3.16. The molecule has 0 fully saturated rings. The van der Waals surface area contributed by atoms with Crippen LogP contribution in [0.3, 0.4) is 0 Å². The highest BCUT2D eigenvalue weighted by atomic mass is 35.5. The molecule has 0 atom stereocenters. The fourth-order valence-corrected chi connectivity index (χ4v) is 4.42. The van der Waals surface area contributed by atoms with E-state index in [4.69, 9.17) is 23.2 Å². The number of hydrogen-bond acceptors (Lipinski definition) is 3. The smallest absolute Gasteiger partial charge is 0.263 e. The van der Waals surface area contributed by atoms with Crippen LogP contribution >= 0.6 is 23.2 Å². The summed E-state index contributed by atoms with van der Waals surface area (Å²) in [6.45, 7) is 0.334. The quantitative estimate of drug-likeness (QED) is 0.457. The zero-order chi connectivity index (χ0) is 20.1. The summed E-state index contributed by atoms with van der Waals surface area (Å²) in [7, 11) is 1.94. The van der Waals surface area contributed by atoms with Gasteiger partial charge in [-0.05, 0) is 23.8 Å². The number of amides is 1. The third kappa shape index (κ3) is 2.85. The maximum absolute atomic E-state index is 13.3. The van der Waals surface area contributed by atoms with Crippen molar-refractivity contribution in [2.75, 3.05) is 23.5 Å². The lowest BCUT2D eigenvalue weighted by Crippen LogP contribution is -2.45. The Bertz CT molecular complexity index is 1230. The van der Waals surface area contributed by atoms with Gasteiger partial charge >= 0.3 is 0 Å². The first-order valence-electron chi connectivity index (χ1n) is 9.09. The van der Waals surface area contributed by atoms with E-state index in [0.29, 0.717) is 28.0 Å². The molecule has 0 saturated heterocycles. The number of rotatable bonds is 2. The Kier molecular flexibility index (Phi) is 4.23. The van der Waals surface area contributed by atoms with Crippen molar-refractivity contribution >= 4 is 51.5 Å². The molecule has 0 saturated carbocycles. The highest BCUT2D eigenvalue weighted by molar-refractivity contribution is 6.40. The van der Waals surface area contributed by atoms with E-state index in [1.807, 2.05) is 48.3 Å². The van der Waals surface area contributed by atoms with Gasteiger partial charge in [0.1, 0.15) is 5.65 Å². The highest BCUT2D eigenvalue weighted by Crippen LogP contribution is 2.40. The number of aromatic nitrogens is 2. The molecule has 1 N–H and O–H groups in total. The zero-order valence-corrected chi connectivity index (χ0v) is 17.0. The normalized spacial score (nSPS) is 13.8. The third-order valence-electron chi connectivity index (χ3n) is 5.13. The molecule has 144 valence electrons. The molecule has 0 radical (unpaired) electrons. The Balaban J connectivity index is 1.65. The Morgan fingerprint density at radius 3 is 2.45 bits per heavy atom. The summed E-state index contributed by atoms with van der Waals surface area (Å²) < 4.78 is 0. The predicted molar refractivity (Wildman–Crippen MR) is 118 cm³/mol. The van der Waals surface area contributed by atoms with Crippen molar-refractivity contribution in [3.05, 3.63) is 76.4 Å². The molecule has 3 heterocycles. The predicted octanol–water partition coefficient (Wildman–Crippen LogP) is 5.59. The van der Waals surface area contributed by atoms with Crippen molar-refractivity contribution in [1.29, 1.82) is 0 Å². The molecule has 0 bridgehead atoms. The van der Waals surface area contributed by atoms with Crippen LogP contribution in [0, 0.1) is 0 Å². The van der Waals surface area contributed by atoms with Crippen LogP contribution in [0.2, 0.25) is 10.0 Å². The van der Waals surface area contributed by atoms with Crippen LogP contribution in [0.4, 0.5) is 11.4 Å². The van der Waals surface area contributed by atoms with Crippen molar-refractivity contribution < 1.29 is 4.79 Å². The molecule has 1 aliphatic rings. The highest BCUT2D eigenvalue weighted by Gasteiger charge is 2.33. The maximum Gasteiger partial charge on any atom is 0.263 e. The summed E-state index contributed by atoms with van der Waals surface area (Å²) in [5, 5.41) is 1.77. The minimum absolute atomic E-state index is 0.176. The van der Waals surface area contributed by atoms with Crippen molar-refractivity contribution in [2.45, 2.75) is 0 Å². The fourth-order valence-electron chi connectivity index (χ4n) is 3.81. The minimum Gasteiger partial charge on any atom is -0.355 e. The van der Waals surface area contributed by atoms with E-state index in [-0.39, 0.29) is 5.91 Å². The summed E-state index contributed by atoms with van der Waals surface area (Å²) in [6, 6.07) is 17.3. The van der Waals surface area contributed by atoms with Gasteiger partial charge in [-0.15, -0.1) is 0 Å². The number of hydrogen-bond donors (Lipinski definition) is 1. The third-order valence-corrected chi connectivity index (χ3v) is 5.74. The zero-order valence-electron chi connectivity index (χ0n) is 15.5. The van der Waals surface area contributed by atoms with Crippen LogP contribution < -0.4 is 9.80 Å². The van der Waals surface area contributed by atoms with Gasteiger partial charge in [-0.1, -0.05) is 59.6 Å². The van der Waals surface area contributed by atoms with Crippen molar-refractivity contribution in [3.8, 4) is 11.3 Å². The molecule has 4 aromatic rings. The first kappa shape index (κ1) is 18.0. The molecule has 0 unspecified atom stereocenters. The lowest BCUT2D eigenvalue weighted by atomic mass is 10.1. The van der Waals surface area contributed by atoms with Crippen LogP contribution in [0.15, 0.2) is 60.8 Å². The number of carbonyl (C=O) groups is 1. The monoisotopic (exact) mass is 422 g/mol. The van der Waals surface area contributed by atoms with Crippen LogP contribution in [0.1, 0.15) is 10.4 Å². The second-order valence-corrected chi connectivity index (χ2v) is 7.79. The van der Waals surface area contributed by atoms with E-state index in [2.05, 4.69) is 9.97 Å². The Morgan fingerprint density at radius 1 is 1.00 bits per heavy atom. The molecule has 29 heavy (non-hydrogen) atoms. The van der Waals surface area contributed by atoms with Crippen molar-refractivity contribution in [1.82, 2.24) is 9.97 Å². The summed E-state index contributed by atoms with van der Waals surface area (Å²) in [6.07, 6.45) is 1.61. The number of pyridine rings is 1. The molecule has 2 aromatic heterocycles. The molecular formula is C22H16Cl2N4O. The maximum atomic E-state index is 13.3. The minimum atomic E-state index is -0.176. The molecular weight excluding hydrogens is 407 g/mol. The molecule has 5 nitrogen and oxygen atoms in total. The van der Waals surface area contributed by atoms with Gasteiger partial charge in [-0.3, -0.25) is 9.69 Å². The van der Waals surface area contributed by atoms with E-state index in [1.54, 1.807) is 29.3 Å². The number of H-pyrrole nitrogens is 1. The Hall–Kier alpha value is -3.02. The van der Waals surface area contributed by atoms with Gasteiger partial charge in [0.2, 0.25) is 0 Å². The number of aromatic amines is 1. The number of para-hydroxylation sites is 1. The second-order valence-electron chi connectivity index (χ2n) is 6.97. The van der Waals surface area contributed by atoms with E-state index >= 15 is 0 Å². The van der Waals surface area contributed by atoms with E-state index in [1.165, 1.54) is 0 Å². The lowest BCUT2D eigenvalue weighted by molar-refractivity contribution is 0.0982. The number of fused-ring (bicyclic) bond motifs is 3. The van der Waals surface area contributed by atoms with Crippen LogP contribution in [-0.2, 0) is 0 Å². The lowest BCUT2D eigenvalue weighted by Gasteiger charge is -2.36. The second kappa shape index (κ2) is 6.79. The van der Waals surface area contributed by atoms with Crippen LogP contribution in [-0.4, -0.2) is 29.6 Å². The average molecular weight is 423 g/mol. The van der Waals surface area contributed by atoms with Crippen molar-refractivity contribution in [3.63, 3.8) is 0 Å². The molecule has 1 aliphatic heterocycles. The van der Waals surface area contributed by atoms with Gasteiger partial charge in [-0.25, -0.2) is 4.98 Å². The molecule has 5 rings (SSSR count). The van der Waals surface area contributed by atoms with E-state index in [9.17, 15) is 4.79 Å². The van der Waals surface area contributed by atoms with Gasteiger partial charge in [0, 0.05) is 24.3 Å². The molecule has 1 amide bonds. The van der Waals surface area contributed by atoms with Crippen molar-refractivity contribution in [2.24, 2.45) is 0 Å². The Labute approximate surface area is 177 Å². The Morgan fingerprint density at radius 2 is 1.72 bits per heavy atom. The summed E-state index contributed by atoms with van der Waals surface area (Å²) >= 11 is 12.7. The number of anilines is 2. The van der Waals surface area contributed by atoms with Crippen LogP contribution in [0.25, 0.3) is 22.3 Å². The van der Waals surface area contributed by atoms with Gasteiger partial charge < -0.3 is 9.88 Å². The molecule has 0 spiro atoms. The first-order chi connectivity index (χ1) is 14.0. The van der Waals surface area contributed by atoms with Crippen LogP contribution in [0.5, 0.6) is 0 Å². The first-order valence-corrected chi connectivity index (χ1v) is 9.84. The van der Waals surface area contributed by atoms with Gasteiger partial charge in [0.25, 0.3) is 5.91 Å². The summed E-state index contributed by atoms with van der Waals surface area (Å²) in [4.78, 5) is 24.8.